The fourth-order valence-electron chi connectivity index (χ4n) is 1.86. The molecule has 0 saturated heterocycles. The van der Waals surface area contributed by atoms with Gasteiger partial charge in [-0.05, 0) is 29.8 Å². The first-order valence-electron chi connectivity index (χ1n) is 6.75. The van der Waals surface area contributed by atoms with Crippen LogP contribution in [-0.4, -0.2) is 18.4 Å². The van der Waals surface area contributed by atoms with Crippen LogP contribution in [-0.2, 0) is 10.0 Å². The van der Waals surface area contributed by atoms with Crippen LogP contribution in [0.15, 0.2) is 70.8 Å². The van der Waals surface area contributed by atoms with Gasteiger partial charge in [-0.15, -0.1) is 0 Å². The summed E-state index contributed by atoms with van der Waals surface area (Å²) in [6.45, 7) is 0. The van der Waals surface area contributed by atoms with E-state index < -0.39 is 10.0 Å². The molecule has 0 aliphatic carbocycles. The van der Waals surface area contributed by atoms with Crippen molar-refractivity contribution in [3.8, 4) is 11.5 Å². The third kappa shape index (κ3) is 4.04. The normalized spacial score (nSPS) is 11.7. The smallest absolute Gasteiger partial charge is 0.257 e. The van der Waals surface area contributed by atoms with Gasteiger partial charge in [-0.2, -0.15) is 0 Å². The first kappa shape index (κ1) is 15.0. The summed E-state index contributed by atoms with van der Waals surface area (Å²) in [6, 6.07) is 14.2. The lowest BCUT2D eigenvalue weighted by Gasteiger charge is -2.03. The number of nitrogens with zero attached hydrogens (tertiary/aromatic N) is 2. The molecule has 0 unspecified atom stereocenters. The zero-order chi connectivity index (χ0) is 16.1. The van der Waals surface area contributed by atoms with Gasteiger partial charge >= 0.3 is 0 Å². The highest BCUT2D eigenvalue weighted by atomic mass is 32.2. The average molecular weight is 327 g/mol. The lowest BCUT2D eigenvalue weighted by atomic mass is 10.2. The number of aromatic nitrogens is 2. The van der Waals surface area contributed by atoms with Crippen LogP contribution in [0.25, 0.3) is 17.5 Å². The highest BCUT2D eigenvalue weighted by Gasteiger charge is 2.10. The van der Waals surface area contributed by atoms with E-state index in [1.807, 2.05) is 18.2 Å². The minimum atomic E-state index is -3.70. The molecule has 7 heteroatoms. The summed E-state index contributed by atoms with van der Waals surface area (Å²) in [5.74, 6) is 0.518. The topological polar surface area (TPSA) is 85.1 Å². The van der Waals surface area contributed by atoms with E-state index in [1.165, 1.54) is 18.5 Å². The average Bonchev–Trinajstić information content (AvgIpc) is 3.08. The van der Waals surface area contributed by atoms with Gasteiger partial charge in [0.2, 0.25) is 5.95 Å². The lowest BCUT2D eigenvalue weighted by Crippen LogP contribution is -2.11. The molecule has 1 aromatic carbocycles. The monoisotopic (exact) mass is 327 g/mol. The van der Waals surface area contributed by atoms with Crippen LogP contribution in [0.1, 0.15) is 5.56 Å². The summed E-state index contributed by atoms with van der Waals surface area (Å²) in [7, 11) is -3.70. The molecule has 3 aromatic rings. The molecule has 0 fully saturated rings. The molecule has 0 atom stereocenters. The molecule has 6 nitrogen and oxygen atoms in total. The molecule has 0 spiro atoms. The number of anilines is 1. The predicted molar refractivity (Wildman–Crippen MR) is 87.8 cm³/mol. The van der Waals surface area contributed by atoms with Gasteiger partial charge in [0.05, 0.1) is 11.7 Å². The number of hydrogen-bond donors (Lipinski definition) is 1. The van der Waals surface area contributed by atoms with Crippen LogP contribution < -0.4 is 4.72 Å². The molecule has 1 N–H and O–H groups in total. The van der Waals surface area contributed by atoms with Crippen molar-refractivity contribution in [3.63, 3.8) is 0 Å². The van der Waals surface area contributed by atoms with Crippen molar-refractivity contribution in [1.29, 1.82) is 0 Å². The second-order valence-corrected chi connectivity index (χ2v) is 6.17. The van der Waals surface area contributed by atoms with Crippen molar-refractivity contribution < 1.29 is 12.8 Å². The molecule has 0 amide bonds. The SMILES string of the molecule is O=S(=O)(/C=C/c1ccccc1)Nc1nccc(-c2ccco2)n1. The van der Waals surface area contributed by atoms with E-state index in [0.29, 0.717) is 11.5 Å². The van der Waals surface area contributed by atoms with E-state index >= 15 is 0 Å². The molecular weight excluding hydrogens is 314 g/mol. The minimum Gasteiger partial charge on any atom is -0.463 e. The first-order chi connectivity index (χ1) is 11.1. The zero-order valence-corrected chi connectivity index (χ0v) is 12.8. The van der Waals surface area contributed by atoms with E-state index in [9.17, 15) is 8.42 Å². The Labute approximate surface area is 133 Å². The summed E-state index contributed by atoms with van der Waals surface area (Å²) in [5.41, 5.74) is 1.28. The maximum Gasteiger partial charge on any atom is 0.257 e. The Morgan fingerprint density at radius 3 is 2.61 bits per heavy atom. The van der Waals surface area contributed by atoms with Gasteiger partial charge in [0.25, 0.3) is 10.0 Å². The number of sulfonamides is 1. The second kappa shape index (κ2) is 6.45. The Hall–Kier alpha value is -2.93. The maximum atomic E-state index is 12.1. The number of hydrogen-bond acceptors (Lipinski definition) is 5. The fraction of sp³-hybridized carbons (Fsp3) is 0. The molecule has 0 radical (unpaired) electrons. The Morgan fingerprint density at radius 1 is 1.04 bits per heavy atom. The van der Waals surface area contributed by atoms with E-state index in [2.05, 4.69) is 14.7 Å². The van der Waals surface area contributed by atoms with Crippen molar-refractivity contribution in [2.75, 3.05) is 4.72 Å². The van der Waals surface area contributed by atoms with E-state index in [1.54, 1.807) is 30.3 Å². The standard InChI is InChI=1S/C16H13N3O3S/c20-23(21,12-9-13-5-2-1-3-6-13)19-16-17-10-8-14(18-16)15-7-4-11-22-15/h1-12H,(H,17,18,19)/b12-9+. The number of nitrogens with one attached hydrogen (secondary N) is 1. The van der Waals surface area contributed by atoms with Crippen LogP contribution in [0.2, 0.25) is 0 Å². The Morgan fingerprint density at radius 2 is 1.87 bits per heavy atom. The highest BCUT2D eigenvalue weighted by molar-refractivity contribution is 7.95. The molecule has 0 aliphatic heterocycles. The fourth-order valence-corrected chi connectivity index (χ4v) is 2.62. The van der Waals surface area contributed by atoms with Crippen molar-refractivity contribution in [2.24, 2.45) is 0 Å². The summed E-state index contributed by atoms with van der Waals surface area (Å²) in [5, 5.41) is 1.07. The van der Waals surface area contributed by atoms with Gasteiger partial charge in [0.15, 0.2) is 5.76 Å². The molecule has 116 valence electrons. The Kier molecular flexibility index (Phi) is 4.20. The number of benzene rings is 1. The van der Waals surface area contributed by atoms with Crippen LogP contribution in [0.3, 0.4) is 0 Å². The first-order valence-corrected chi connectivity index (χ1v) is 8.30. The van der Waals surface area contributed by atoms with Crippen LogP contribution in [0, 0.1) is 0 Å². The van der Waals surface area contributed by atoms with Crippen LogP contribution in [0.4, 0.5) is 5.95 Å². The van der Waals surface area contributed by atoms with Crippen LogP contribution in [0.5, 0.6) is 0 Å². The third-order valence-corrected chi connectivity index (χ3v) is 3.86. The second-order valence-electron chi connectivity index (χ2n) is 4.60. The molecule has 3 rings (SSSR count). The lowest BCUT2D eigenvalue weighted by molar-refractivity contribution is 0.580. The third-order valence-electron chi connectivity index (χ3n) is 2.90. The molecule has 0 bridgehead atoms. The summed E-state index contributed by atoms with van der Waals surface area (Å²) >= 11 is 0. The van der Waals surface area contributed by atoms with Crippen molar-refractivity contribution in [1.82, 2.24) is 9.97 Å². The van der Waals surface area contributed by atoms with E-state index in [-0.39, 0.29) is 5.95 Å². The van der Waals surface area contributed by atoms with Crippen LogP contribution >= 0.6 is 0 Å². The van der Waals surface area contributed by atoms with Crippen molar-refractivity contribution in [3.05, 3.63) is 72.0 Å². The summed E-state index contributed by atoms with van der Waals surface area (Å²) in [6.07, 6.45) is 4.48. The van der Waals surface area contributed by atoms with Gasteiger partial charge in [0.1, 0.15) is 5.69 Å². The Balaban J connectivity index is 1.78. The molecule has 0 aliphatic rings. The molecule has 2 aromatic heterocycles. The van der Waals surface area contributed by atoms with Crippen molar-refractivity contribution >= 4 is 22.0 Å². The van der Waals surface area contributed by atoms with Gasteiger partial charge in [-0.3, -0.25) is 0 Å². The van der Waals surface area contributed by atoms with E-state index in [4.69, 9.17) is 4.42 Å². The molecule has 23 heavy (non-hydrogen) atoms. The highest BCUT2D eigenvalue weighted by Crippen LogP contribution is 2.18. The predicted octanol–water partition coefficient (Wildman–Crippen LogP) is 3.15. The van der Waals surface area contributed by atoms with Gasteiger partial charge in [0, 0.05) is 6.20 Å². The number of furan rings is 1. The quantitative estimate of drug-likeness (QED) is 0.778. The molecule has 2 heterocycles. The summed E-state index contributed by atoms with van der Waals surface area (Å²) in [4.78, 5) is 8.04. The largest absolute Gasteiger partial charge is 0.463 e. The van der Waals surface area contributed by atoms with Crippen molar-refractivity contribution in [2.45, 2.75) is 0 Å². The van der Waals surface area contributed by atoms with Gasteiger partial charge in [-0.1, -0.05) is 30.3 Å². The van der Waals surface area contributed by atoms with Gasteiger partial charge in [-0.25, -0.2) is 23.1 Å². The van der Waals surface area contributed by atoms with Gasteiger partial charge < -0.3 is 4.42 Å². The maximum absolute atomic E-state index is 12.1. The Bertz CT molecular complexity index is 905. The molecule has 0 saturated carbocycles. The number of rotatable bonds is 5. The zero-order valence-electron chi connectivity index (χ0n) is 12.0. The summed E-state index contributed by atoms with van der Waals surface area (Å²) < 4.78 is 31.7. The molecular formula is C16H13N3O3S. The minimum absolute atomic E-state index is 0.0170. The van der Waals surface area contributed by atoms with E-state index in [0.717, 1.165) is 11.0 Å².